The van der Waals surface area contributed by atoms with Crippen LogP contribution in [0.15, 0.2) is 91.4 Å². The van der Waals surface area contributed by atoms with E-state index >= 15 is 0 Å². The fourth-order valence-electron chi connectivity index (χ4n) is 5.55. The Morgan fingerprint density at radius 1 is 0.759 bits per heavy atom. The molecule has 1 aliphatic rings. The maximum absolute atomic E-state index is 14.1. The van der Waals surface area contributed by atoms with E-state index in [0.717, 1.165) is 36.4 Å². The van der Waals surface area contributed by atoms with Crippen LogP contribution in [0, 0.1) is 12.0 Å². The van der Waals surface area contributed by atoms with Crippen LogP contribution in [0.25, 0.3) is 16.8 Å². The van der Waals surface area contributed by atoms with Crippen molar-refractivity contribution in [2.24, 2.45) is 5.10 Å². The number of hydrogen-bond acceptors (Lipinski definition) is 15. The Bertz CT molecular complexity index is 3180. The number of Topliss-reactive ketones (excluding diaryl/α,β-unsaturated/α-hetero) is 1. The van der Waals surface area contributed by atoms with E-state index in [1.54, 1.807) is 0 Å². The quantitative estimate of drug-likeness (QED) is 0.0447. The Morgan fingerprint density at radius 2 is 1.45 bits per heavy atom. The van der Waals surface area contributed by atoms with Gasteiger partial charge in [0.05, 0.1) is 21.8 Å². The zero-order valence-electron chi connectivity index (χ0n) is 27.9. The van der Waals surface area contributed by atoms with Gasteiger partial charge in [-0.25, -0.2) is 0 Å². The molecule has 1 aliphatic carbocycles. The zero-order valence-corrected chi connectivity index (χ0v) is 31.9. The molecular formula is C31H19ClF2N6O14S4. The summed E-state index contributed by atoms with van der Waals surface area (Å²) in [4.78, 5) is 29.6. The molecule has 58 heavy (non-hydrogen) atoms. The van der Waals surface area contributed by atoms with Crippen molar-refractivity contribution in [2.45, 2.75) is 14.7 Å². The Labute approximate surface area is 329 Å². The number of allylic oxidation sites excluding steroid dienone is 1. The summed E-state index contributed by atoms with van der Waals surface area (Å²) in [5.74, 6) is -4.54. The number of benzene rings is 4. The third-order valence-electron chi connectivity index (χ3n) is 7.90. The number of halogens is 3. The predicted molar refractivity (Wildman–Crippen MR) is 199 cm³/mol. The maximum atomic E-state index is 14.1. The third kappa shape index (κ3) is 8.40. The molecular weight excluding hydrogens is 882 g/mol. The van der Waals surface area contributed by atoms with Crippen molar-refractivity contribution in [1.82, 2.24) is 9.97 Å². The fraction of sp³-hybridized carbons (Fsp3) is 0. The summed E-state index contributed by atoms with van der Waals surface area (Å²) in [5, 5.41) is 6.73. The molecule has 6 rings (SSSR count). The standard InChI is InChI=1S/C31H19ClF2N6O14S4/c32-24-28(33)37-31(34)38-29(24)35-15-4-1-3-13(9-15)30(42)36-20-12-16(55(43,44)45)10-14-11-22(57(49,50)51)25(26(41)23(14)20)40-39-19-8-7-17-18(27(19)58(52,53)54)5-2-6-21(17)56(46,47)48/h1-12,39H,(H,36,42)(H,35,37,38)(H,43,44,45)(H,46,47,48)(H,49,50,51)(H,52,53,54). The molecule has 5 aromatic rings. The van der Waals surface area contributed by atoms with E-state index in [1.807, 2.05) is 0 Å². The van der Waals surface area contributed by atoms with Crippen molar-refractivity contribution < 1.29 is 70.3 Å². The number of carbonyl (C=O) groups is 2. The lowest BCUT2D eigenvalue weighted by Gasteiger charge is -2.21. The van der Waals surface area contributed by atoms with Gasteiger partial charge in [0.1, 0.15) is 19.7 Å². The Hall–Kier alpha value is -5.84. The van der Waals surface area contributed by atoms with Gasteiger partial charge in [0, 0.05) is 22.0 Å². The van der Waals surface area contributed by atoms with E-state index in [-0.39, 0.29) is 11.3 Å². The highest BCUT2D eigenvalue weighted by atomic mass is 35.5. The van der Waals surface area contributed by atoms with Crippen LogP contribution in [0.1, 0.15) is 26.3 Å². The lowest BCUT2D eigenvalue weighted by molar-refractivity contribution is 0.102. The monoisotopic (exact) mass is 900 g/mol. The van der Waals surface area contributed by atoms with Gasteiger partial charge in [0.25, 0.3) is 46.4 Å². The molecule has 1 heterocycles. The first kappa shape index (κ1) is 41.8. The summed E-state index contributed by atoms with van der Waals surface area (Å²) in [7, 11) is -20.9. The second-order valence-electron chi connectivity index (χ2n) is 11.6. The topological polar surface area (TPSA) is 326 Å². The van der Waals surface area contributed by atoms with Crippen LogP contribution in [0.2, 0.25) is 5.02 Å². The average molecular weight is 901 g/mol. The van der Waals surface area contributed by atoms with Crippen LogP contribution in [0.4, 0.5) is 31.7 Å². The summed E-state index contributed by atoms with van der Waals surface area (Å²) in [6.07, 6.45) is -0.964. The molecule has 0 saturated carbocycles. The maximum Gasteiger partial charge on any atom is 0.313 e. The molecule has 1 aromatic heterocycles. The lowest BCUT2D eigenvalue weighted by Crippen LogP contribution is -2.29. The summed E-state index contributed by atoms with van der Waals surface area (Å²) < 4.78 is 166. The van der Waals surface area contributed by atoms with Gasteiger partial charge in [-0.15, -0.1) is 0 Å². The normalized spacial score (nSPS) is 14.2. The largest absolute Gasteiger partial charge is 0.339 e. The van der Waals surface area contributed by atoms with Crippen molar-refractivity contribution in [3.63, 3.8) is 0 Å². The van der Waals surface area contributed by atoms with Crippen LogP contribution >= 0.6 is 11.6 Å². The van der Waals surface area contributed by atoms with E-state index in [1.165, 1.54) is 18.2 Å². The molecule has 0 spiro atoms. The predicted octanol–water partition coefficient (Wildman–Crippen LogP) is 4.19. The van der Waals surface area contributed by atoms with Crippen molar-refractivity contribution in [2.75, 3.05) is 16.1 Å². The van der Waals surface area contributed by atoms with Crippen molar-refractivity contribution >= 4 is 109 Å². The van der Waals surface area contributed by atoms with Gasteiger partial charge < -0.3 is 10.6 Å². The zero-order chi connectivity index (χ0) is 42.7. The summed E-state index contributed by atoms with van der Waals surface area (Å²) in [6.45, 7) is 0. The molecule has 0 aliphatic heterocycles. The first-order valence-electron chi connectivity index (χ1n) is 15.2. The number of carbonyl (C=O) groups excluding carboxylic acids is 2. The number of amides is 1. The number of aromatic nitrogens is 2. The van der Waals surface area contributed by atoms with Gasteiger partial charge in [0.15, 0.2) is 11.5 Å². The van der Waals surface area contributed by atoms with Crippen LogP contribution in [0.5, 0.6) is 0 Å². The number of fused-ring (bicyclic) bond motifs is 2. The smallest absolute Gasteiger partial charge is 0.313 e. The highest BCUT2D eigenvalue weighted by molar-refractivity contribution is 7.91. The molecule has 0 unspecified atom stereocenters. The molecule has 0 fully saturated rings. The number of nitrogens with one attached hydrogen (secondary N) is 3. The van der Waals surface area contributed by atoms with E-state index in [0.29, 0.717) is 18.2 Å². The lowest BCUT2D eigenvalue weighted by atomic mass is 9.92. The molecule has 0 radical (unpaired) electrons. The molecule has 20 nitrogen and oxygen atoms in total. The minimum Gasteiger partial charge on any atom is -0.339 e. The Kier molecular flexibility index (Phi) is 10.7. The first-order chi connectivity index (χ1) is 26.8. The van der Waals surface area contributed by atoms with Gasteiger partial charge in [-0.2, -0.15) is 57.5 Å². The van der Waals surface area contributed by atoms with Gasteiger partial charge in [-0.05, 0) is 54.1 Å². The van der Waals surface area contributed by atoms with Crippen LogP contribution in [-0.2, 0) is 40.5 Å². The number of anilines is 4. The third-order valence-corrected chi connectivity index (χ3v) is 11.8. The molecule has 0 bridgehead atoms. The minimum absolute atomic E-state index is 0.0368. The summed E-state index contributed by atoms with van der Waals surface area (Å²) in [6, 6.07) is 10.8. The van der Waals surface area contributed by atoms with Crippen LogP contribution in [0.3, 0.4) is 0 Å². The molecule has 0 saturated heterocycles. The average Bonchev–Trinajstić information content (AvgIpc) is 3.10. The van der Waals surface area contributed by atoms with Gasteiger partial charge in [-0.1, -0.05) is 35.9 Å². The van der Waals surface area contributed by atoms with Gasteiger partial charge >= 0.3 is 6.08 Å². The molecule has 7 N–H and O–H groups in total. The van der Waals surface area contributed by atoms with Crippen LogP contribution < -0.4 is 16.1 Å². The number of ketones is 1. The second-order valence-corrected chi connectivity index (χ2v) is 17.6. The second kappa shape index (κ2) is 14.8. The van der Waals surface area contributed by atoms with Crippen molar-refractivity contribution in [3.8, 4) is 0 Å². The highest BCUT2D eigenvalue weighted by Gasteiger charge is 2.36. The van der Waals surface area contributed by atoms with E-state index < -0.39 is 134 Å². The number of nitrogens with zero attached hydrogens (tertiary/aromatic N) is 3. The molecule has 0 atom stereocenters. The van der Waals surface area contributed by atoms with Crippen molar-refractivity contribution in [3.05, 3.63) is 105 Å². The van der Waals surface area contributed by atoms with Gasteiger partial charge in [-0.3, -0.25) is 33.2 Å². The number of hydrogen-bond donors (Lipinski definition) is 7. The van der Waals surface area contributed by atoms with Crippen LogP contribution in [-0.4, -0.2) is 79.3 Å². The first-order valence-corrected chi connectivity index (χ1v) is 21.3. The van der Waals surface area contributed by atoms with E-state index in [9.17, 15) is 70.3 Å². The van der Waals surface area contributed by atoms with Crippen molar-refractivity contribution in [1.29, 1.82) is 0 Å². The minimum atomic E-state index is -5.48. The molecule has 27 heteroatoms. The molecule has 302 valence electrons. The molecule has 1 amide bonds. The number of rotatable bonds is 10. The van der Waals surface area contributed by atoms with E-state index in [2.05, 4.69) is 31.1 Å². The fourth-order valence-corrected chi connectivity index (χ4v) is 8.44. The highest BCUT2D eigenvalue weighted by Crippen LogP contribution is 2.36. The number of hydrazone groups is 1. The Balaban J connectivity index is 1.46. The Morgan fingerprint density at radius 3 is 2.09 bits per heavy atom. The summed E-state index contributed by atoms with van der Waals surface area (Å²) in [5.41, 5.74) is -2.20. The molecule has 4 aromatic carbocycles. The van der Waals surface area contributed by atoms with Gasteiger partial charge in [0.2, 0.25) is 11.7 Å². The van der Waals surface area contributed by atoms with E-state index in [4.69, 9.17) is 11.6 Å². The SMILES string of the molecule is O=C(Nc1cc(S(=O)(=O)O)cc2c1C(=O)C(=NNc1ccc3c(S(=O)(=O)O)cccc3c1S(=O)(=O)O)C(S(=O)(=O)O)=C2)c1cccc(Nc2nc(F)nc(F)c2Cl)c1. The summed E-state index contributed by atoms with van der Waals surface area (Å²) >= 11 is 5.79.